The molecule has 0 fully saturated rings. The van der Waals surface area contributed by atoms with Gasteiger partial charge in [0.25, 0.3) is 0 Å². The van der Waals surface area contributed by atoms with Crippen LogP contribution < -0.4 is 4.74 Å². The Morgan fingerprint density at radius 2 is 2.11 bits per heavy atom. The lowest BCUT2D eigenvalue weighted by Crippen LogP contribution is -2.18. The van der Waals surface area contributed by atoms with Crippen molar-refractivity contribution in [1.29, 1.82) is 5.26 Å². The topological polar surface area (TPSA) is 59.3 Å². The van der Waals surface area contributed by atoms with Crippen LogP contribution in [0, 0.1) is 11.3 Å². The highest BCUT2D eigenvalue weighted by Gasteiger charge is 2.33. The third-order valence-electron chi connectivity index (χ3n) is 2.10. The van der Waals surface area contributed by atoms with E-state index in [0.717, 1.165) is 19.2 Å². The van der Waals surface area contributed by atoms with E-state index in [1.165, 1.54) is 0 Å². The molecular formula is C11H7BrF3NO3. The smallest absolute Gasteiger partial charge is 0.465 e. The van der Waals surface area contributed by atoms with Crippen molar-refractivity contribution in [3.05, 3.63) is 28.8 Å². The van der Waals surface area contributed by atoms with E-state index >= 15 is 0 Å². The Bertz CT molecular complexity index is 537. The van der Waals surface area contributed by atoms with E-state index in [2.05, 4.69) is 25.4 Å². The molecule has 1 aromatic carbocycles. The van der Waals surface area contributed by atoms with Crippen LogP contribution in [0.1, 0.15) is 21.5 Å². The monoisotopic (exact) mass is 337 g/mol. The van der Waals surface area contributed by atoms with E-state index in [1.807, 2.05) is 0 Å². The lowest BCUT2D eigenvalue weighted by Gasteiger charge is -2.13. The Morgan fingerprint density at radius 3 is 2.53 bits per heavy atom. The van der Waals surface area contributed by atoms with Crippen molar-refractivity contribution in [3.8, 4) is 11.8 Å². The normalized spacial score (nSPS) is 10.7. The largest absolute Gasteiger partial charge is 0.573 e. The molecule has 0 atom stereocenters. The number of nitrogens with zero attached hydrogens (tertiary/aromatic N) is 1. The minimum atomic E-state index is -4.91. The zero-order valence-corrected chi connectivity index (χ0v) is 11.1. The van der Waals surface area contributed by atoms with Crippen LogP contribution in [0.2, 0.25) is 0 Å². The summed E-state index contributed by atoms with van der Waals surface area (Å²) in [5.74, 6) is -1.40. The molecule has 0 aliphatic rings. The third kappa shape index (κ3) is 3.86. The summed E-state index contributed by atoms with van der Waals surface area (Å²) in [6, 6.07) is 3.52. The predicted octanol–water partition coefficient (Wildman–Crippen LogP) is 3.14. The Morgan fingerprint density at radius 1 is 1.47 bits per heavy atom. The van der Waals surface area contributed by atoms with Gasteiger partial charge in [-0.2, -0.15) is 5.26 Å². The second-order valence-corrected chi connectivity index (χ2v) is 3.85. The highest BCUT2D eigenvalue weighted by atomic mass is 79.9. The molecule has 0 heterocycles. The van der Waals surface area contributed by atoms with Crippen molar-refractivity contribution in [3.63, 3.8) is 0 Å². The Hall–Kier alpha value is -1.75. The maximum absolute atomic E-state index is 12.2. The van der Waals surface area contributed by atoms with Crippen LogP contribution in [0.4, 0.5) is 13.2 Å². The number of halogens is 4. The average molecular weight is 338 g/mol. The molecule has 102 valence electrons. The number of hydrogen-bond donors (Lipinski definition) is 0. The molecule has 0 radical (unpaired) electrons. The Kier molecular flexibility index (Phi) is 4.78. The van der Waals surface area contributed by atoms with Gasteiger partial charge in [-0.05, 0) is 17.7 Å². The summed E-state index contributed by atoms with van der Waals surface area (Å²) in [4.78, 5) is 11.4. The van der Waals surface area contributed by atoms with Crippen LogP contribution in [0.3, 0.4) is 0 Å². The van der Waals surface area contributed by atoms with Crippen molar-refractivity contribution in [2.24, 2.45) is 0 Å². The fraction of sp³-hybridized carbons (Fsp3) is 0.273. The number of methoxy groups -OCH3 is 1. The molecule has 0 unspecified atom stereocenters. The SMILES string of the molecule is COC(=O)c1cc(C#N)c(OC(F)(F)F)cc1CBr. The predicted molar refractivity (Wildman–Crippen MR) is 61.8 cm³/mol. The van der Waals surface area contributed by atoms with Gasteiger partial charge in [-0.25, -0.2) is 4.79 Å². The standard InChI is InChI=1S/C11H7BrF3NO3/c1-18-10(17)8-2-7(5-16)9(3-6(8)4-12)19-11(13,14)15/h2-3H,4H2,1H3. The Labute approximate surface area is 114 Å². The first-order valence-corrected chi connectivity index (χ1v) is 5.91. The van der Waals surface area contributed by atoms with Crippen molar-refractivity contribution < 1.29 is 27.4 Å². The van der Waals surface area contributed by atoms with Crippen molar-refractivity contribution >= 4 is 21.9 Å². The molecule has 1 rings (SSSR count). The summed E-state index contributed by atoms with van der Waals surface area (Å²) in [5, 5.41) is 8.91. The first-order chi connectivity index (χ1) is 8.82. The number of benzene rings is 1. The van der Waals surface area contributed by atoms with Gasteiger partial charge in [-0.3, -0.25) is 0 Å². The molecule has 1 aromatic rings. The highest BCUT2D eigenvalue weighted by molar-refractivity contribution is 9.08. The molecule has 0 saturated heterocycles. The van der Waals surface area contributed by atoms with Gasteiger partial charge in [-0.15, -0.1) is 13.2 Å². The van der Waals surface area contributed by atoms with Gasteiger partial charge >= 0.3 is 12.3 Å². The van der Waals surface area contributed by atoms with Gasteiger partial charge in [0.15, 0.2) is 0 Å². The van der Waals surface area contributed by atoms with Gasteiger partial charge in [0, 0.05) is 5.33 Å². The summed E-state index contributed by atoms with van der Waals surface area (Å²) >= 11 is 3.04. The number of ether oxygens (including phenoxy) is 2. The molecule has 0 bridgehead atoms. The fourth-order valence-electron chi connectivity index (χ4n) is 1.33. The first kappa shape index (κ1) is 15.3. The zero-order chi connectivity index (χ0) is 14.6. The van der Waals surface area contributed by atoms with Gasteiger partial charge in [0.05, 0.1) is 18.2 Å². The van der Waals surface area contributed by atoms with Crippen LogP contribution >= 0.6 is 15.9 Å². The average Bonchev–Trinajstić information content (AvgIpc) is 2.35. The van der Waals surface area contributed by atoms with Crippen molar-refractivity contribution in [2.75, 3.05) is 7.11 Å². The molecule has 0 aromatic heterocycles. The van der Waals surface area contributed by atoms with E-state index in [0.29, 0.717) is 0 Å². The Balaban J connectivity index is 3.36. The minimum absolute atomic E-state index is 0.00505. The molecule has 4 nitrogen and oxygen atoms in total. The number of carbonyl (C=O) groups is 1. The number of hydrogen-bond acceptors (Lipinski definition) is 4. The van der Waals surface area contributed by atoms with Crippen LogP contribution in [-0.2, 0) is 10.1 Å². The molecule has 0 aliphatic heterocycles. The molecular weight excluding hydrogens is 331 g/mol. The van der Waals surface area contributed by atoms with Crippen LogP contribution in [0.5, 0.6) is 5.75 Å². The van der Waals surface area contributed by atoms with Crippen LogP contribution in [0.25, 0.3) is 0 Å². The lowest BCUT2D eigenvalue weighted by molar-refractivity contribution is -0.274. The quantitative estimate of drug-likeness (QED) is 0.628. The molecule has 0 spiro atoms. The number of rotatable bonds is 3. The third-order valence-corrected chi connectivity index (χ3v) is 2.70. The number of nitriles is 1. The summed E-state index contributed by atoms with van der Waals surface area (Å²) in [6.45, 7) is 0. The molecule has 0 aliphatic carbocycles. The van der Waals surface area contributed by atoms with E-state index in [9.17, 15) is 18.0 Å². The van der Waals surface area contributed by atoms with Crippen LogP contribution in [-0.4, -0.2) is 19.4 Å². The van der Waals surface area contributed by atoms with E-state index < -0.39 is 23.6 Å². The van der Waals surface area contributed by atoms with Gasteiger partial charge in [0.1, 0.15) is 11.8 Å². The zero-order valence-electron chi connectivity index (χ0n) is 9.55. The highest BCUT2D eigenvalue weighted by Crippen LogP contribution is 2.30. The number of alkyl halides is 4. The molecule has 0 saturated carbocycles. The molecule has 19 heavy (non-hydrogen) atoms. The first-order valence-electron chi connectivity index (χ1n) is 4.79. The number of carbonyl (C=O) groups excluding carboxylic acids is 1. The van der Waals surface area contributed by atoms with Crippen LogP contribution in [0.15, 0.2) is 12.1 Å². The maximum Gasteiger partial charge on any atom is 0.573 e. The fourth-order valence-corrected chi connectivity index (χ4v) is 1.79. The summed E-state index contributed by atoms with van der Waals surface area (Å²) in [5.41, 5.74) is -0.169. The molecule has 0 N–H and O–H groups in total. The molecule has 0 amide bonds. The summed E-state index contributed by atoms with van der Waals surface area (Å²) in [7, 11) is 1.13. The second-order valence-electron chi connectivity index (χ2n) is 3.29. The summed E-state index contributed by atoms with van der Waals surface area (Å²) in [6.07, 6.45) is -4.91. The maximum atomic E-state index is 12.2. The lowest BCUT2D eigenvalue weighted by atomic mass is 10.0. The van der Waals surface area contributed by atoms with Gasteiger partial charge in [0.2, 0.25) is 0 Å². The van der Waals surface area contributed by atoms with Gasteiger partial charge in [-0.1, -0.05) is 15.9 Å². The number of esters is 1. The van der Waals surface area contributed by atoms with Crippen molar-refractivity contribution in [2.45, 2.75) is 11.7 Å². The van der Waals surface area contributed by atoms with E-state index in [1.54, 1.807) is 6.07 Å². The van der Waals surface area contributed by atoms with Crippen molar-refractivity contribution in [1.82, 2.24) is 0 Å². The molecule has 8 heteroatoms. The van der Waals surface area contributed by atoms with E-state index in [-0.39, 0.29) is 16.5 Å². The minimum Gasteiger partial charge on any atom is -0.465 e. The van der Waals surface area contributed by atoms with Gasteiger partial charge < -0.3 is 9.47 Å². The van der Waals surface area contributed by atoms with E-state index in [4.69, 9.17) is 5.26 Å². The second kappa shape index (κ2) is 5.93. The summed E-state index contributed by atoms with van der Waals surface area (Å²) < 4.78 is 44.8.